The van der Waals surface area contributed by atoms with E-state index >= 15 is 0 Å². The van der Waals surface area contributed by atoms with Gasteiger partial charge in [0, 0.05) is 6.42 Å². The second kappa shape index (κ2) is 15.7. The van der Waals surface area contributed by atoms with Gasteiger partial charge < -0.3 is 0 Å². The molecule has 0 aliphatic heterocycles. The average molecular weight is 140 g/mol. The SMILES string of the molecule is CCCCCC#N.N=C=O. The standard InChI is InChI=1S/C6H11N.CHNO/c1-2-3-4-5-6-7;2-1-3/h2-5H2,1H3;2H. The van der Waals surface area contributed by atoms with E-state index < -0.39 is 0 Å². The highest BCUT2D eigenvalue weighted by Gasteiger charge is 1.79. The topological polar surface area (TPSA) is 64.7 Å². The first-order chi connectivity index (χ1) is 4.83. The zero-order valence-corrected chi connectivity index (χ0v) is 6.18. The quantitative estimate of drug-likeness (QED) is 0.370. The third-order valence-electron chi connectivity index (χ3n) is 0.892. The van der Waals surface area contributed by atoms with Crippen molar-refractivity contribution in [2.45, 2.75) is 32.6 Å². The first kappa shape index (κ1) is 11.6. The van der Waals surface area contributed by atoms with Crippen molar-refractivity contribution in [1.82, 2.24) is 0 Å². The Morgan fingerprint density at radius 1 is 1.50 bits per heavy atom. The number of isocyanates is 1. The van der Waals surface area contributed by atoms with Crippen LogP contribution in [-0.2, 0) is 4.79 Å². The lowest BCUT2D eigenvalue weighted by Crippen LogP contribution is -1.68. The minimum absolute atomic E-state index is 0.730. The predicted molar refractivity (Wildman–Crippen MR) is 38.2 cm³/mol. The first-order valence-corrected chi connectivity index (χ1v) is 3.24. The lowest BCUT2D eigenvalue weighted by molar-refractivity contribution is 0.563. The number of rotatable bonds is 3. The normalized spacial score (nSPS) is 6.40. The van der Waals surface area contributed by atoms with Crippen LogP contribution in [0.1, 0.15) is 32.6 Å². The number of nitrogens with one attached hydrogen (secondary N) is 1. The van der Waals surface area contributed by atoms with Crippen molar-refractivity contribution in [3.8, 4) is 6.07 Å². The van der Waals surface area contributed by atoms with Gasteiger partial charge >= 0.3 is 0 Å². The molecule has 0 aromatic heterocycles. The maximum Gasteiger partial charge on any atom is 0.231 e. The molecule has 0 amide bonds. The highest BCUT2D eigenvalue weighted by atomic mass is 16.1. The highest BCUT2D eigenvalue weighted by molar-refractivity contribution is 5.26. The summed E-state index contributed by atoms with van der Waals surface area (Å²) in [6.45, 7) is 2.14. The van der Waals surface area contributed by atoms with Crippen LogP contribution in [0.5, 0.6) is 0 Å². The predicted octanol–water partition coefficient (Wildman–Crippen LogP) is 1.99. The van der Waals surface area contributed by atoms with E-state index in [1.54, 1.807) is 0 Å². The van der Waals surface area contributed by atoms with Gasteiger partial charge in [-0.3, -0.25) is 0 Å². The molecule has 3 heteroatoms. The first-order valence-electron chi connectivity index (χ1n) is 3.24. The number of hydrogen-bond acceptors (Lipinski definition) is 3. The third-order valence-corrected chi connectivity index (χ3v) is 0.892. The molecule has 0 aromatic carbocycles. The molecule has 0 saturated heterocycles. The van der Waals surface area contributed by atoms with Crippen molar-refractivity contribution < 1.29 is 4.79 Å². The van der Waals surface area contributed by atoms with Crippen LogP contribution in [0, 0.1) is 16.7 Å². The lowest BCUT2D eigenvalue weighted by atomic mass is 10.2. The minimum atomic E-state index is 0.730. The van der Waals surface area contributed by atoms with Crippen molar-refractivity contribution >= 4 is 6.08 Å². The summed E-state index contributed by atoms with van der Waals surface area (Å²) in [5, 5.41) is 13.4. The summed E-state index contributed by atoms with van der Waals surface area (Å²) >= 11 is 0. The van der Waals surface area contributed by atoms with Gasteiger partial charge in [0.1, 0.15) is 0 Å². The number of carbonyl (C=O) groups excluding carboxylic acids is 1. The van der Waals surface area contributed by atoms with Gasteiger partial charge in [-0.25, -0.2) is 10.2 Å². The van der Waals surface area contributed by atoms with Crippen molar-refractivity contribution in [1.29, 1.82) is 10.7 Å². The van der Waals surface area contributed by atoms with E-state index in [4.69, 9.17) is 15.5 Å². The van der Waals surface area contributed by atoms with E-state index in [-0.39, 0.29) is 0 Å². The van der Waals surface area contributed by atoms with Gasteiger partial charge in [-0.2, -0.15) is 5.26 Å². The Hall–Kier alpha value is -1.13. The van der Waals surface area contributed by atoms with E-state index in [1.807, 2.05) is 0 Å². The fourth-order valence-electron chi connectivity index (χ4n) is 0.454. The average Bonchev–Trinajstić information content (AvgIpc) is 1.91. The van der Waals surface area contributed by atoms with Crippen molar-refractivity contribution in [3.63, 3.8) is 0 Å². The second-order valence-electron chi connectivity index (χ2n) is 1.72. The van der Waals surface area contributed by atoms with E-state index in [0.717, 1.165) is 18.9 Å². The van der Waals surface area contributed by atoms with Crippen LogP contribution in [-0.4, -0.2) is 6.08 Å². The van der Waals surface area contributed by atoms with Gasteiger partial charge in [0.05, 0.1) is 6.07 Å². The smallest absolute Gasteiger partial charge is 0.222 e. The Labute approximate surface area is 61.2 Å². The highest BCUT2D eigenvalue weighted by Crippen LogP contribution is 1.95. The second-order valence-corrected chi connectivity index (χ2v) is 1.72. The summed E-state index contributed by atoms with van der Waals surface area (Å²) in [5.41, 5.74) is 0. The van der Waals surface area contributed by atoms with Gasteiger partial charge in [0.15, 0.2) is 0 Å². The molecule has 0 bridgehead atoms. The van der Waals surface area contributed by atoms with Gasteiger partial charge in [-0.15, -0.1) is 0 Å². The molecule has 0 atom stereocenters. The number of unbranched alkanes of at least 4 members (excludes halogenated alkanes) is 3. The summed E-state index contributed by atoms with van der Waals surface area (Å²) in [7, 11) is 0. The molecule has 0 radical (unpaired) electrons. The summed E-state index contributed by atoms with van der Waals surface area (Å²) in [6.07, 6.45) is 4.97. The van der Waals surface area contributed by atoms with Crippen molar-refractivity contribution in [3.05, 3.63) is 0 Å². The summed E-state index contributed by atoms with van der Waals surface area (Å²) in [4.78, 5) is 8.35. The Kier molecular flexibility index (Phi) is 18.2. The van der Waals surface area contributed by atoms with Gasteiger partial charge in [0.25, 0.3) is 0 Å². The fourth-order valence-corrected chi connectivity index (χ4v) is 0.454. The molecule has 0 saturated carbocycles. The molecule has 1 N–H and O–H groups in total. The number of nitriles is 1. The Morgan fingerprint density at radius 3 is 2.30 bits per heavy atom. The maximum atomic E-state index is 8.35. The fraction of sp³-hybridized carbons (Fsp3) is 0.714. The summed E-state index contributed by atoms with van der Waals surface area (Å²) in [6, 6.07) is 2.10. The Morgan fingerprint density at radius 2 is 2.00 bits per heavy atom. The van der Waals surface area contributed by atoms with E-state index in [2.05, 4.69) is 13.0 Å². The molecule has 0 spiro atoms. The van der Waals surface area contributed by atoms with Gasteiger partial charge in [-0.05, 0) is 6.42 Å². The van der Waals surface area contributed by atoms with Crippen LogP contribution < -0.4 is 0 Å². The van der Waals surface area contributed by atoms with E-state index in [1.165, 1.54) is 12.8 Å². The molecule has 10 heavy (non-hydrogen) atoms. The monoisotopic (exact) mass is 140 g/mol. The number of hydrogen-bond donors (Lipinski definition) is 1. The number of nitrogens with zero attached hydrogens (tertiary/aromatic N) is 1. The van der Waals surface area contributed by atoms with Crippen LogP contribution in [0.15, 0.2) is 0 Å². The molecule has 3 nitrogen and oxygen atoms in total. The van der Waals surface area contributed by atoms with Crippen LogP contribution in [0.4, 0.5) is 0 Å². The van der Waals surface area contributed by atoms with Crippen LogP contribution >= 0.6 is 0 Å². The molecule has 56 valence electrons. The third kappa shape index (κ3) is 28.7. The molecule has 0 heterocycles. The van der Waals surface area contributed by atoms with Crippen LogP contribution in [0.3, 0.4) is 0 Å². The summed E-state index contributed by atoms with van der Waals surface area (Å²) < 4.78 is 0. The van der Waals surface area contributed by atoms with Crippen molar-refractivity contribution in [2.75, 3.05) is 0 Å². The largest absolute Gasteiger partial charge is 0.231 e. The zero-order chi connectivity index (χ0) is 8.24. The molecule has 0 rings (SSSR count). The molecule has 0 aromatic rings. The molecular weight excluding hydrogens is 128 g/mol. The molecule has 0 aliphatic carbocycles. The Bertz CT molecular complexity index is 120. The zero-order valence-electron chi connectivity index (χ0n) is 6.18. The lowest BCUT2D eigenvalue weighted by Gasteiger charge is -1.84. The van der Waals surface area contributed by atoms with E-state index in [0.29, 0.717) is 0 Å². The Balaban J connectivity index is 0. The molecule has 0 fully saturated rings. The minimum Gasteiger partial charge on any atom is -0.222 e. The molecular formula is C7H12N2O. The maximum absolute atomic E-state index is 8.35. The van der Waals surface area contributed by atoms with Crippen molar-refractivity contribution in [2.24, 2.45) is 0 Å². The van der Waals surface area contributed by atoms with Gasteiger partial charge in [-0.1, -0.05) is 19.8 Å². The van der Waals surface area contributed by atoms with Crippen LogP contribution in [0.25, 0.3) is 0 Å². The van der Waals surface area contributed by atoms with Crippen LogP contribution in [0.2, 0.25) is 0 Å². The van der Waals surface area contributed by atoms with E-state index in [9.17, 15) is 0 Å². The molecule has 0 aliphatic rings. The molecule has 0 unspecified atom stereocenters. The van der Waals surface area contributed by atoms with Gasteiger partial charge in [0.2, 0.25) is 6.08 Å². The summed E-state index contributed by atoms with van der Waals surface area (Å²) in [5.74, 6) is 0.